The lowest BCUT2D eigenvalue weighted by Crippen LogP contribution is -2.14. The first-order valence-corrected chi connectivity index (χ1v) is 11.2. The van der Waals surface area contributed by atoms with Gasteiger partial charge in [-0.05, 0) is 61.5 Å². The number of nitrogens with one attached hydrogen (secondary N) is 1. The van der Waals surface area contributed by atoms with E-state index in [4.69, 9.17) is 14.2 Å². The van der Waals surface area contributed by atoms with Crippen LogP contribution in [0.25, 0.3) is 17.0 Å². The molecule has 0 aliphatic heterocycles. The zero-order valence-corrected chi connectivity index (χ0v) is 19.3. The summed E-state index contributed by atoms with van der Waals surface area (Å²) in [7, 11) is 3.16. The van der Waals surface area contributed by atoms with Crippen LogP contribution in [-0.4, -0.2) is 52.3 Å². The highest BCUT2D eigenvalue weighted by atomic mass is 32.2. The average Bonchev–Trinajstić information content (AvgIpc) is 3.27. The fourth-order valence-corrected chi connectivity index (χ4v) is 3.80. The topological polar surface area (TPSA) is 99.9 Å². The second-order valence-electron chi connectivity index (χ2n) is 6.83. The van der Waals surface area contributed by atoms with Gasteiger partial charge in [0.15, 0.2) is 23.0 Å². The molecule has 10 heteroatoms. The Labute approximate surface area is 195 Å². The highest BCUT2D eigenvalue weighted by Crippen LogP contribution is 2.31. The summed E-state index contributed by atoms with van der Waals surface area (Å²) in [4.78, 5) is 12.4. The Balaban J connectivity index is 1.46. The van der Waals surface area contributed by atoms with Gasteiger partial charge in [0.25, 0.3) is 0 Å². The number of ether oxygens (including phenoxy) is 3. The molecule has 2 aromatic carbocycles. The highest BCUT2D eigenvalue weighted by Gasteiger charge is 2.14. The molecule has 170 valence electrons. The lowest BCUT2D eigenvalue weighted by molar-refractivity contribution is -0.113. The Morgan fingerprint density at radius 3 is 2.52 bits per heavy atom. The van der Waals surface area contributed by atoms with E-state index >= 15 is 0 Å². The summed E-state index contributed by atoms with van der Waals surface area (Å²) in [6.07, 6.45) is 0. The van der Waals surface area contributed by atoms with Gasteiger partial charge < -0.3 is 19.5 Å². The third-order valence-corrected chi connectivity index (χ3v) is 5.60. The van der Waals surface area contributed by atoms with Crippen LogP contribution in [0.3, 0.4) is 0 Å². The molecule has 0 saturated carbocycles. The number of amides is 1. The van der Waals surface area contributed by atoms with Crippen LogP contribution in [0.2, 0.25) is 0 Å². The molecule has 0 atom stereocenters. The SMILES string of the molecule is CCOc1ccc(NC(=O)CSc2ccc3nnc(-c4ccc(OC)c(OC)c4)n3n2)cc1. The van der Waals surface area contributed by atoms with E-state index in [-0.39, 0.29) is 11.7 Å². The van der Waals surface area contributed by atoms with Crippen LogP contribution in [0.1, 0.15) is 6.92 Å². The molecule has 2 aromatic heterocycles. The van der Waals surface area contributed by atoms with Crippen molar-refractivity contribution in [2.24, 2.45) is 0 Å². The summed E-state index contributed by atoms with van der Waals surface area (Å²) in [5, 5.41) is 16.6. The van der Waals surface area contributed by atoms with Gasteiger partial charge in [0.2, 0.25) is 5.91 Å². The number of hydrogen-bond acceptors (Lipinski definition) is 8. The molecule has 0 spiro atoms. The van der Waals surface area contributed by atoms with Gasteiger partial charge in [-0.25, -0.2) is 0 Å². The molecule has 4 aromatic rings. The number of nitrogens with zero attached hydrogens (tertiary/aromatic N) is 4. The third kappa shape index (κ3) is 5.17. The Morgan fingerprint density at radius 1 is 1.00 bits per heavy atom. The summed E-state index contributed by atoms with van der Waals surface area (Å²) < 4.78 is 17.7. The third-order valence-electron chi connectivity index (χ3n) is 4.68. The molecule has 0 unspecified atom stereocenters. The van der Waals surface area contributed by atoms with Crippen LogP contribution >= 0.6 is 11.8 Å². The number of carbonyl (C=O) groups is 1. The maximum Gasteiger partial charge on any atom is 0.234 e. The highest BCUT2D eigenvalue weighted by molar-refractivity contribution is 7.99. The molecule has 0 saturated heterocycles. The normalized spacial score (nSPS) is 10.8. The van der Waals surface area contributed by atoms with E-state index in [1.54, 1.807) is 24.8 Å². The van der Waals surface area contributed by atoms with Crippen LogP contribution in [0, 0.1) is 0 Å². The van der Waals surface area contributed by atoms with E-state index in [9.17, 15) is 4.79 Å². The second kappa shape index (κ2) is 10.2. The maximum atomic E-state index is 12.4. The summed E-state index contributed by atoms with van der Waals surface area (Å²) >= 11 is 1.33. The Bertz CT molecular complexity index is 1260. The number of anilines is 1. The number of methoxy groups -OCH3 is 2. The number of benzene rings is 2. The Morgan fingerprint density at radius 2 is 1.79 bits per heavy atom. The van der Waals surface area contributed by atoms with Crippen LogP contribution in [0.15, 0.2) is 59.6 Å². The smallest absolute Gasteiger partial charge is 0.234 e. The Kier molecular flexibility index (Phi) is 6.94. The summed E-state index contributed by atoms with van der Waals surface area (Å²) in [6, 6.07) is 16.4. The number of carbonyl (C=O) groups excluding carboxylic acids is 1. The molecule has 33 heavy (non-hydrogen) atoms. The maximum absolute atomic E-state index is 12.4. The quantitative estimate of drug-likeness (QED) is 0.371. The van der Waals surface area contributed by atoms with Crippen molar-refractivity contribution < 1.29 is 19.0 Å². The second-order valence-corrected chi connectivity index (χ2v) is 7.82. The zero-order chi connectivity index (χ0) is 23.2. The molecular weight excluding hydrogens is 442 g/mol. The number of thioether (sulfide) groups is 1. The summed E-state index contributed by atoms with van der Waals surface area (Å²) in [5.41, 5.74) is 2.09. The molecule has 0 aliphatic carbocycles. The standard InChI is InChI=1S/C23H23N5O4S/c1-4-32-17-8-6-16(7-9-17)24-21(29)14-33-22-12-11-20-25-26-23(28(20)27-22)15-5-10-18(30-2)19(13-15)31-3/h5-13H,4,14H2,1-3H3,(H,24,29). The van der Waals surface area contributed by atoms with Gasteiger partial charge in [0, 0.05) is 11.3 Å². The molecule has 0 bridgehead atoms. The van der Waals surface area contributed by atoms with Gasteiger partial charge in [-0.3, -0.25) is 4.79 Å². The van der Waals surface area contributed by atoms with Gasteiger partial charge in [0.05, 0.1) is 26.6 Å². The van der Waals surface area contributed by atoms with Crippen LogP contribution in [0.5, 0.6) is 17.2 Å². The summed E-state index contributed by atoms with van der Waals surface area (Å²) in [6.45, 7) is 2.52. The number of hydrogen-bond donors (Lipinski definition) is 1. The van der Waals surface area contributed by atoms with E-state index in [1.807, 2.05) is 55.5 Å². The molecule has 0 fully saturated rings. The van der Waals surface area contributed by atoms with Crippen molar-refractivity contribution in [1.29, 1.82) is 0 Å². The number of aromatic nitrogens is 4. The minimum absolute atomic E-state index is 0.130. The zero-order valence-electron chi connectivity index (χ0n) is 18.4. The van der Waals surface area contributed by atoms with E-state index in [0.29, 0.717) is 40.3 Å². The lowest BCUT2D eigenvalue weighted by atomic mass is 10.2. The van der Waals surface area contributed by atoms with Crippen molar-refractivity contribution in [3.05, 3.63) is 54.6 Å². The van der Waals surface area contributed by atoms with Crippen molar-refractivity contribution in [1.82, 2.24) is 19.8 Å². The summed E-state index contributed by atoms with van der Waals surface area (Å²) in [5.74, 6) is 2.62. The van der Waals surface area contributed by atoms with Gasteiger partial charge in [-0.2, -0.15) is 9.61 Å². The minimum atomic E-state index is -0.130. The first-order valence-electron chi connectivity index (χ1n) is 10.2. The van der Waals surface area contributed by atoms with Crippen molar-refractivity contribution in [2.45, 2.75) is 11.9 Å². The van der Waals surface area contributed by atoms with Gasteiger partial charge in [-0.1, -0.05) is 11.8 Å². The molecule has 4 rings (SSSR count). The van der Waals surface area contributed by atoms with Gasteiger partial charge in [-0.15, -0.1) is 10.2 Å². The first-order chi connectivity index (χ1) is 16.1. The molecule has 9 nitrogen and oxygen atoms in total. The molecule has 0 aliphatic rings. The molecular formula is C23H23N5O4S. The number of rotatable bonds is 9. The monoisotopic (exact) mass is 465 g/mol. The predicted molar refractivity (Wildman–Crippen MR) is 126 cm³/mol. The Hall–Kier alpha value is -3.79. The molecule has 1 amide bonds. The molecule has 0 radical (unpaired) electrons. The van der Waals surface area contributed by atoms with E-state index in [2.05, 4.69) is 20.6 Å². The molecule has 2 heterocycles. The number of fused-ring (bicyclic) bond motifs is 1. The fraction of sp³-hybridized carbons (Fsp3) is 0.217. The van der Waals surface area contributed by atoms with Crippen molar-refractivity contribution in [3.8, 4) is 28.6 Å². The first kappa shape index (κ1) is 22.4. The van der Waals surface area contributed by atoms with Crippen molar-refractivity contribution >= 4 is 29.0 Å². The van der Waals surface area contributed by atoms with Crippen molar-refractivity contribution in [2.75, 3.05) is 31.9 Å². The minimum Gasteiger partial charge on any atom is -0.494 e. The largest absolute Gasteiger partial charge is 0.494 e. The van der Waals surface area contributed by atoms with E-state index in [0.717, 1.165) is 11.3 Å². The predicted octanol–water partition coefficient (Wildman–Crippen LogP) is 3.94. The van der Waals surface area contributed by atoms with E-state index in [1.165, 1.54) is 11.8 Å². The van der Waals surface area contributed by atoms with Gasteiger partial charge in [0.1, 0.15) is 10.8 Å². The fourth-order valence-electron chi connectivity index (χ4n) is 3.14. The van der Waals surface area contributed by atoms with Crippen LogP contribution in [0.4, 0.5) is 5.69 Å². The molecule has 1 N–H and O–H groups in total. The lowest BCUT2D eigenvalue weighted by Gasteiger charge is -2.09. The van der Waals surface area contributed by atoms with Crippen LogP contribution in [-0.2, 0) is 4.79 Å². The van der Waals surface area contributed by atoms with Crippen LogP contribution < -0.4 is 19.5 Å². The van der Waals surface area contributed by atoms with Crippen molar-refractivity contribution in [3.63, 3.8) is 0 Å². The van der Waals surface area contributed by atoms with Gasteiger partial charge >= 0.3 is 0 Å². The van der Waals surface area contributed by atoms with E-state index < -0.39 is 0 Å². The average molecular weight is 466 g/mol.